The molecule has 3 rings (SSSR count). The summed E-state index contributed by atoms with van der Waals surface area (Å²) in [5.74, 6) is -0.361. The predicted molar refractivity (Wildman–Crippen MR) is 86.6 cm³/mol. The molecule has 1 amide bonds. The molecular formula is C17H23N3O2. The zero-order chi connectivity index (χ0) is 15.5. The number of aromatic amines is 1. The quantitative estimate of drug-likeness (QED) is 0.793. The van der Waals surface area contributed by atoms with Crippen LogP contribution in [-0.4, -0.2) is 53.7 Å². The van der Waals surface area contributed by atoms with E-state index in [4.69, 9.17) is 0 Å². The molecule has 1 aliphatic heterocycles. The van der Waals surface area contributed by atoms with Crippen molar-refractivity contribution in [2.45, 2.75) is 18.9 Å². The first-order chi connectivity index (χ1) is 10.6. The Balaban J connectivity index is 1.55. The number of carbonyl (C=O) groups excluding carboxylic acids is 1. The van der Waals surface area contributed by atoms with E-state index < -0.39 is 6.10 Å². The molecule has 5 nitrogen and oxygen atoms in total. The Morgan fingerprint density at radius 1 is 1.45 bits per heavy atom. The number of aliphatic hydroxyl groups is 1. The van der Waals surface area contributed by atoms with Gasteiger partial charge in [-0.2, -0.15) is 0 Å². The van der Waals surface area contributed by atoms with Gasteiger partial charge in [0.05, 0.1) is 12.0 Å². The molecule has 0 radical (unpaired) electrons. The van der Waals surface area contributed by atoms with Gasteiger partial charge in [-0.05, 0) is 31.5 Å². The van der Waals surface area contributed by atoms with E-state index in [1.807, 2.05) is 31.4 Å². The van der Waals surface area contributed by atoms with Crippen LogP contribution < -0.4 is 5.32 Å². The van der Waals surface area contributed by atoms with Gasteiger partial charge < -0.3 is 20.3 Å². The molecule has 1 aliphatic rings. The third-order valence-corrected chi connectivity index (χ3v) is 4.48. The maximum Gasteiger partial charge on any atom is 0.227 e. The molecule has 1 saturated heterocycles. The monoisotopic (exact) mass is 301 g/mol. The Kier molecular flexibility index (Phi) is 4.45. The van der Waals surface area contributed by atoms with Crippen LogP contribution in [0.3, 0.4) is 0 Å². The fourth-order valence-electron chi connectivity index (χ4n) is 3.15. The highest BCUT2D eigenvalue weighted by molar-refractivity contribution is 5.83. The number of para-hydroxylation sites is 1. The molecule has 3 N–H and O–H groups in total. The molecule has 0 unspecified atom stereocenters. The van der Waals surface area contributed by atoms with Crippen molar-refractivity contribution >= 4 is 16.8 Å². The van der Waals surface area contributed by atoms with Crippen LogP contribution in [0.25, 0.3) is 10.9 Å². The molecule has 1 aromatic heterocycles. The highest BCUT2D eigenvalue weighted by Gasteiger charge is 2.31. The Labute approximate surface area is 130 Å². The molecule has 1 fully saturated rings. The number of rotatable bonds is 4. The lowest BCUT2D eigenvalue weighted by Crippen LogP contribution is -2.49. The molecule has 0 spiro atoms. The van der Waals surface area contributed by atoms with E-state index in [1.165, 1.54) is 10.9 Å². The molecule has 2 heterocycles. The van der Waals surface area contributed by atoms with Crippen molar-refractivity contribution in [2.24, 2.45) is 5.92 Å². The lowest BCUT2D eigenvalue weighted by molar-refractivity contribution is -0.131. The maximum absolute atomic E-state index is 12.2. The van der Waals surface area contributed by atoms with Crippen LogP contribution in [-0.2, 0) is 11.2 Å². The minimum atomic E-state index is -0.524. The summed E-state index contributed by atoms with van der Waals surface area (Å²) in [7, 11) is 1.98. The zero-order valence-electron chi connectivity index (χ0n) is 12.9. The van der Waals surface area contributed by atoms with Crippen molar-refractivity contribution in [1.29, 1.82) is 0 Å². The van der Waals surface area contributed by atoms with Crippen LogP contribution in [0.1, 0.15) is 12.0 Å². The van der Waals surface area contributed by atoms with Gasteiger partial charge in [-0.3, -0.25) is 4.79 Å². The number of amides is 1. The maximum atomic E-state index is 12.2. The SMILES string of the molecule is CN1CC[C@H](O)[C@H](C(=O)NCCc2c[nH]c3ccccc23)C1. The van der Waals surface area contributed by atoms with Gasteiger partial charge in [-0.25, -0.2) is 0 Å². The zero-order valence-corrected chi connectivity index (χ0v) is 12.9. The van der Waals surface area contributed by atoms with Gasteiger partial charge in [0.2, 0.25) is 5.91 Å². The second-order valence-corrected chi connectivity index (χ2v) is 6.13. The fourth-order valence-corrected chi connectivity index (χ4v) is 3.15. The standard InChI is InChI=1S/C17H23N3O2/c1-20-9-7-16(21)14(11-20)17(22)18-8-6-12-10-19-15-5-3-2-4-13(12)15/h2-5,10,14,16,19,21H,6-9,11H2,1H3,(H,18,22)/t14-,16+/m1/s1. The number of likely N-dealkylation sites (tertiary alicyclic amines) is 1. The summed E-state index contributed by atoms with van der Waals surface area (Å²) in [4.78, 5) is 17.6. The van der Waals surface area contributed by atoms with Crippen LogP contribution in [0.5, 0.6) is 0 Å². The smallest absolute Gasteiger partial charge is 0.227 e. The molecular weight excluding hydrogens is 278 g/mol. The van der Waals surface area contributed by atoms with Gasteiger partial charge in [-0.15, -0.1) is 0 Å². The van der Waals surface area contributed by atoms with Gasteiger partial charge in [0.1, 0.15) is 0 Å². The van der Waals surface area contributed by atoms with Gasteiger partial charge >= 0.3 is 0 Å². The van der Waals surface area contributed by atoms with Crippen LogP contribution in [0.2, 0.25) is 0 Å². The molecule has 118 valence electrons. The number of H-pyrrole nitrogens is 1. The molecule has 5 heteroatoms. The number of aromatic nitrogens is 1. The average Bonchev–Trinajstić information content (AvgIpc) is 2.93. The molecule has 1 aromatic carbocycles. The van der Waals surface area contributed by atoms with Crippen molar-refractivity contribution in [1.82, 2.24) is 15.2 Å². The summed E-state index contributed by atoms with van der Waals surface area (Å²) in [5, 5.41) is 14.2. The molecule has 22 heavy (non-hydrogen) atoms. The first kappa shape index (κ1) is 15.1. The second-order valence-electron chi connectivity index (χ2n) is 6.13. The fraction of sp³-hybridized carbons (Fsp3) is 0.471. The summed E-state index contributed by atoms with van der Waals surface area (Å²) >= 11 is 0. The average molecular weight is 301 g/mol. The minimum Gasteiger partial charge on any atom is -0.392 e. The van der Waals surface area contributed by atoms with Crippen LogP contribution in [0, 0.1) is 5.92 Å². The third-order valence-electron chi connectivity index (χ3n) is 4.48. The van der Waals surface area contributed by atoms with E-state index in [9.17, 15) is 9.90 Å². The highest BCUT2D eigenvalue weighted by atomic mass is 16.3. The van der Waals surface area contributed by atoms with Gasteiger partial charge in [0, 0.05) is 36.7 Å². The van der Waals surface area contributed by atoms with E-state index in [-0.39, 0.29) is 11.8 Å². The van der Waals surface area contributed by atoms with Crippen molar-refractivity contribution in [2.75, 3.05) is 26.7 Å². The lowest BCUT2D eigenvalue weighted by atomic mass is 9.94. The van der Waals surface area contributed by atoms with Gasteiger partial charge in [0.25, 0.3) is 0 Å². The summed E-state index contributed by atoms with van der Waals surface area (Å²) < 4.78 is 0. The topological polar surface area (TPSA) is 68.4 Å². The number of hydrogen-bond acceptors (Lipinski definition) is 3. The minimum absolute atomic E-state index is 0.0427. The highest BCUT2D eigenvalue weighted by Crippen LogP contribution is 2.18. The van der Waals surface area contributed by atoms with Crippen molar-refractivity contribution < 1.29 is 9.90 Å². The first-order valence-corrected chi connectivity index (χ1v) is 7.84. The number of aliphatic hydroxyl groups excluding tert-OH is 1. The largest absolute Gasteiger partial charge is 0.392 e. The van der Waals surface area contributed by atoms with Crippen LogP contribution >= 0.6 is 0 Å². The normalized spacial score (nSPS) is 22.8. The number of piperidine rings is 1. The first-order valence-electron chi connectivity index (χ1n) is 7.84. The van der Waals surface area contributed by atoms with Gasteiger partial charge in [-0.1, -0.05) is 18.2 Å². The second kappa shape index (κ2) is 6.50. The molecule has 0 aliphatic carbocycles. The van der Waals surface area contributed by atoms with E-state index in [2.05, 4.69) is 21.3 Å². The summed E-state index contributed by atoms with van der Waals surface area (Å²) in [6.45, 7) is 2.06. The number of nitrogens with one attached hydrogen (secondary N) is 2. The Bertz CT molecular complexity index is 652. The molecule has 2 aromatic rings. The molecule has 0 saturated carbocycles. The van der Waals surface area contributed by atoms with Crippen molar-refractivity contribution in [3.05, 3.63) is 36.0 Å². The van der Waals surface area contributed by atoms with Crippen molar-refractivity contribution in [3.63, 3.8) is 0 Å². The number of benzene rings is 1. The Hall–Kier alpha value is -1.85. The van der Waals surface area contributed by atoms with E-state index in [0.29, 0.717) is 19.5 Å². The van der Waals surface area contributed by atoms with E-state index >= 15 is 0 Å². The number of nitrogens with zero attached hydrogens (tertiary/aromatic N) is 1. The van der Waals surface area contributed by atoms with Gasteiger partial charge in [0.15, 0.2) is 0 Å². The third kappa shape index (κ3) is 3.15. The molecule has 2 atom stereocenters. The van der Waals surface area contributed by atoms with Crippen LogP contribution in [0.15, 0.2) is 30.5 Å². The molecule has 0 bridgehead atoms. The number of hydrogen-bond donors (Lipinski definition) is 3. The van der Waals surface area contributed by atoms with Crippen molar-refractivity contribution in [3.8, 4) is 0 Å². The van der Waals surface area contributed by atoms with E-state index in [0.717, 1.165) is 18.5 Å². The Morgan fingerprint density at radius 3 is 3.14 bits per heavy atom. The summed E-state index contributed by atoms with van der Waals surface area (Å²) in [6, 6.07) is 8.16. The van der Waals surface area contributed by atoms with E-state index in [1.54, 1.807) is 0 Å². The van der Waals surface area contributed by atoms with Crippen LogP contribution in [0.4, 0.5) is 0 Å². The predicted octanol–water partition coefficient (Wildman–Crippen LogP) is 1.14. The number of carbonyl (C=O) groups is 1. The summed E-state index contributed by atoms with van der Waals surface area (Å²) in [6.07, 6.45) is 2.93. The number of fused-ring (bicyclic) bond motifs is 1. The lowest BCUT2D eigenvalue weighted by Gasteiger charge is -2.32. The Morgan fingerprint density at radius 2 is 2.27 bits per heavy atom. The summed E-state index contributed by atoms with van der Waals surface area (Å²) in [5.41, 5.74) is 2.32.